The molecule has 5 aliphatic rings. The number of ether oxygens (including phenoxy) is 4. The summed E-state index contributed by atoms with van der Waals surface area (Å²) in [6.07, 6.45) is -1.17. The Hall–Kier alpha value is -7.03. The molecule has 0 saturated heterocycles. The van der Waals surface area contributed by atoms with Crippen LogP contribution in [0.25, 0.3) is 0 Å². The standard InChI is InChI=1S/C51H53F3N4O8/c1-2-63-44-30-42(66-41-15-9-14-38(29-41)51(52,53)54)28-37-31-64-40-22-18-33(19-23-40)24-25-55-49(61)43(26-34-10-5-3-6-11-34)57-50(62)47(36-12-7-4-8-13-36)58-45(59)27-35-16-20-39(21-17-35)56-46(60)32-65-48(37)44/h3-15,18-19,22-23,28-30,35,39,43,47H,2,16-17,20-21,24-27,31-32H2,1H3,(H,55,61)(H,56,60)(H,57,62)(H,58,59)/t35?,39?,43-,47+/m1/s1. The Morgan fingerprint density at radius 1 is 0.697 bits per heavy atom. The Balaban J connectivity index is 1.14. The van der Waals surface area contributed by atoms with Crippen molar-refractivity contribution >= 4 is 23.6 Å². The predicted octanol–water partition coefficient (Wildman–Crippen LogP) is 8.18. The maximum absolute atomic E-state index is 14.1. The number of hydrogen-bond donors (Lipinski definition) is 4. The number of alkyl halides is 3. The van der Waals surface area contributed by atoms with E-state index in [1.54, 1.807) is 49.4 Å². The molecule has 10 rings (SSSR count). The Morgan fingerprint density at radius 3 is 2.14 bits per heavy atom. The number of hydrogen-bond acceptors (Lipinski definition) is 8. The minimum atomic E-state index is -4.57. The fourth-order valence-corrected chi connectivity index (χ4v) is 8.12. The zero-order valence-corrected chi connectivity index (χ0v) is 36.5. The van der Waals surface area contributed by atoms with Gasteiger partial charge in [-0.1, -0.05) is 78.9 Å². The topological polar surface area (TPSA) is 153 Å². The summed E-state index contributed by atoms with van der Waals surface area (Å²) in [6, 6.07) is 30.9. The molecule has 66 heavy (non-hydrogen) atoms. The molecule has 4 amide bonds. The smallest absolute Gasteiger partial charge is 0.416 e. The molecule has 0 radical (unpaired) electrons. The first-order chi connectivity index (χ1) is 31.9. The number of benzene rings is 5. The molecule has 2 atom stereocenters. The van der Waals surface area contributed by atoms with Gasteiger partial charge in [0.25, 0.3) is 5.91 Å². The van der Waals surface area contributed by atoms with E-state index in [0.29, 0.717) is 49.0 Å². The highest BCUT2D eigenvalue weighted by Crippen LogP contribution is 2.40. The number of carbonyl (C=O) groups excluding carboxylic acids is 4. The van der Waals surface area contributed by atoms with Crippen molar-refractivity contribution in [2.45, 2.75) is 82.8 Å². The fraction of sp³-hybridized carbons (Fsp3) is 0.333. The minimum Gasteiger partial charge on any atom is -0.490 e. The Morgan fingerprint density at radius 2 is 1.42 bits per heavy atom. The largest absolute Gasteiger partial charge is 0.490 e. The Labute approximate surface area is 381 Å². The number of halogens is 3. The van der Waals surface area contributed by atoms with E-state index in [2.05, 4.69) is 21.3 Å². The molecule has 0 unspecified atom stereocenters. The molecule has 5 aromatic carbocycles. The van der Waals surface area contributed by atoms with Crippen molar-refractivity contribution in [2.24, 2.45) is 5.92 Å². The van der Waals surface area contributed by atoms with Gasteiger partial charge in [0.1, 0.15) is 35.9 Å². The van der Waals surface area contributed by atoms with Crippen LogP contribution in [0.5, 0.6) is 28.7 Å². The highest BCUT2D eigenvalue weighted by atomic mass is 19.4. The molecule has 1 fully saturated rings. The average molecular weight is 907 g/mol. The molecule has 346 valence electrons. The number of amides is 4. The van der Waals surface area contributed by atoms with Crippen molar-refractivity contribution in [3.63, 3.8) is 0 Å². The highest BCUT2D eigenvalue weighted by molar-refractivity contribution is 5.93. The number of nitrogens with one attached hydrogen (secondary N) is 4. The average Bonchev–Trinajstić information content (AvgIpc) is 3.31. The van der Waals surface area contributed by atoms with Crippen LogP contribution in [0.2, 0.25) is 0 Å². The van der Waals surface area contributed by atoms with Gasteiger partial charge in [0, 0.05) is 37.1 Å². The molecule has 0 aromatic heterocycles. The summed E-state index contributed by atoms with van der Waals surface area (Å²) in [4.78, 5) is 54.9. The molecule has 1 aliphatic carbocycles. The van der Waals surface area contributed by atoms with E-state index in [0.717, 1.165) is 23.3 Å². The SMILES string of the molecule is CCOc1cc(Oc2cccc(C(F)(F)F)c2)cc2c1OCC(=O)NC1CCC(CC1)CC(=O)N[C@@H](c1ccccc1)C(=O)N[C@H](Cc1ccccc1)C(=O)NCCc1ccc(cc1)OC2. The maximum Gasteiger partial charge on any atom is 0.416 e. The van der Waals surface area contributed by atoms with Crippen LogP contribution >= 0.6 is 0 Å². The van der Waals surface area contributed by atoms with Gasteiger partial charge >= 0.3 is 6.18 Å². The first-order valence-corrected chi connectivity index (χ1v) is 22.1. The van der Waals surface area contributed by atoms with Crippen LogP contribution < -0.4 is 40.2 Å². The molecule has 5 aromatic rings. The van der Waals surface area contributed by atoms with Crippen molar-refractivity contribution in [3.05, 3.63) is 149 Å². The fourth-order valence-electron chi connectivity index (χ4n) is 8.12. The minimum absolute atomic E-state index is 0.0103. The highest BCUT2D eigenvalue weighted by Gasteiger charge is 2.32. The van der Waals surface area contributed by atoms with Crippen LogP contribution in [0, 0.1) is 5.92 Å². The van der Waals surface area contributed by atoms with E-state index in [4.69, 9.17) is 18.9 Å². The molecular formula is C51H53F3N4O8. The van der Waals surface area contributed by atoms with Gasteiger partial charge < -0.3 is 40.2 Å². The van der Waals surface area contributed by atoms with Crippen LogP contribution in [0.15, 0.2) is 121 Å². The monoisotopic (exact) mass is 906 g/mol. The van der Waals surface area contributed by atoms with Gasteiger partial charge in [0.2, 0.25) is 17.7 Å². The molecule has 1 saturated carbocycles. The van der Waals surface area contributed by atoms with E-state index >= 15 is 0 Å². The predicted molar refractivity (Wildman–Crippen MR) is 240 cm³/mol. The van der Waals surface area contributed by atoms with Gasteiger partial charge in [-0.15, -0.1) is 0 Å². The van der Waals surface area contributed by atoms with Gasteiger partial charge in [-0.3, -0.25) is 19.2 Å². The van der Waals surface area contributed by atoms with Crippen LogP contribution in [-0.4, -0.2) is 55.5 Å². The second kappa shape index (κ2) is 22.2. The van der Waals surface area contributed by atoms with Crippen molar-refractivity contribution in [1.29, 1.82) is 0 Å². The van der Waals surface area contributed by atoms with Crippen LogP contribution in [0.3, 0.4) is 0 Å². The number of carbonyl (C=O) groups is 4. The molecular weight excluding hydrogens is 854 g/mol. The van der Waals surface area contributed by atoms with E-state index in [1.807, 2.05) is 48.5 Å². The summed E-state index contributed by atoms with van der Waals surface area (Å²) in [5, 5.41) is 11.9. The lowest BCUT2D eigenvalue weighted by Gasteiger charge is -2.29. The first-order valence-electron chi connectivity index (χ1n) is 22.1. The van der Waals surface area contributed by atoms with Crippen LogP contribution in [-0.2, 0) is 44.8 Å². The van der Waals surface area contributed by atoms with E-state index in [-0.39, 0.29) is 91.9 Å². The molecule has 15 heteroatoms. The third-order valence-electron chi connectivity index (χ3n) is 11.5. The second-order valence-corrected chi connectivity index (χ2v) is 16.4. The summed E-state index contributed by atoms with van der Waals surface area (Å²) >= 11 is 0. The van der Waals surface area contributed by atoms with Crippen LogP contribution in [0.1, 0.15) is 72.9 Å². The normalized spacial score (nSPS) is 20.2. The van der Waals surface area contributed by atoms with Crippen molar-refractivity contribution < 1.29 is 51.3 Å². The van der Waals surface area contributed by atoms with Gasteiger partial charge in [0.05, 0.1) is 12.2 Å². The Bertz CT molecular complexity index is 2430. The van der Waals surface area contributed by atoms with E-state index in [9.17, 15) is 32.3 Å². The maximum atomic E-state index is 14.1. The zero-order chi connectivity index (χ0) is 46.5. The number of rotatable bonds is 7. The third kappa shape index (κ3) is 13.3. The lowest BCUT2D eigenvalue weighted by molar-refractivity contribution is -0.137. The Kier molecular flexibility index (Phi) is 15.8. The quantitative estimate of drug-likeness (QED) is 0.128. The molecule has 0 spiro atoms. The summed E-state index contributed by atoms with van der Waals surface area (Å²) in [6.45, 7) is 1.75. The molecule has 4 bridgehead atoms. The molecule has 12 nitrogen and oxygen atoms in total. The van der Waals surface area contributed by atoms with Crippen molar-refractivity contribution in [3.8, 4) is 28.7 Å². The summed E-state index contributed by atoms with van der Waals surface area (Å²) in [7, 11) is 0. The first kappa shape index (κ1) is 46.9. The van der Waals surface area contributed by atoms with Gasteiger partial charge in [-0.05, 0) is 98.0 Å². The van der Waals surface area contributed by atoms with Gasteiger partial charge in [-0.25, -0.2) is 0 Å². The van der Waals surface area contributed by atoms with Crippen LogP contribution in [0.4, 0.5) is 13.2 Å². The van der Waals surface area contributed by atoms with E-state index < -0.39 is 29.7 Å². The summed E-state index contributed by atoms with van der Waals surface area (Å²) < 4.78 is 64.8. The second-order valence-electron chi connectivity index (χ2n) is 16.4. The summed E-state index contributed by atoms with van der Waals surface area (Å²) in [5.41, 5.74) is 1.84. The zero-order valence-electron chi connectivity index (χ0n) is 36.5. The van der Waals surface area contributed by atoms with E-state index in [1.165, 1.54) is 18.2 Å². The van der Waals surface area contributed by atoms with Crippen molar-refractivity contribution in [1.82, 2.24) is 21.3 Å². The molecule has 4 heterocycles. The summed E-state index contributed by atoms with van der Waals surface area (Å²) in [5.74, 6) is -0.564. The van der Waals surface area contributed by atoms with Gasteiger partial charge in [0.15, 0.2) is 18.1 Å². The molecule has 4 N–H and O–H groups in total. The van der Waals surface area contributed by atoms with Crippen molar-refractivity contribution in [2.75, 3.05) is 19.8 Å². The lowest BCUT2D eigenvalue weighted by Crippen LogP contribution is -2.52. The molecule has 4 aliphatic heterocycles. The third-order valence-corrected chi connectivity index (χ3v) is 11.5. The lowest BCUT2D eigenvalue weighted by atomic mass is 9.84. The van der Waals surface area contributed by atoms with Gasteiger partial charge in [-0.2, -0.15) is 13.2 Å².